The van der Waals surface area contributed by atoms with Crippen molar-refractivity contribution in [2.45, 2.75) is 71.1 Å². The zero-order valence-corrected chi connectivity index (χ0v) is 17.9. The standard InChI is InChI=1S/C19H33N5O6/c1-9(2)14(22-16(26)11(20)8-13(21)25)18(28)24-7-5-6-12(24)17(27)23-15(10(3)4)19(29)30/h9-12,14-15H,5-8,20H2,1-4H3,(H2,21,25)(H,22,26)(H,23,27)(H,29,30). The number of nitrogens with one attached hydrogen (secondary N) is 2. The highest BCUT2D eigenvalue weighted by molar-refractivity contribution is 5.95. The molecule has 7 N–H and O–H groups in total. The van der Waals surface area contributed by atoms with Gasteiger partial charge in [0.2, 0.25) is 23.6 Å². The van der Waals surface area contributed by atoms with Gasteiger partial charge in [0.05, 0.1) is 12.5 Å². The lowest BCUT2D eigenvalue weighted by atomic mass is 10.0. The van der Waals surface area contributed by atoms with Crippen LogP contribution in [-0.4, -0.2) is 70.3 Å². The van der Waals surface area contributed by atoms with Gasteiger partial charge in [-0.15, -0.1) is 0 Å². The van der Waals surface area contributed by atoms with Crippen LogP contribution in [-0.2, 0) is 24.0 Å². The first-order valence-electron chi connectivity index (χ1n) is 10.0. The molecular weight excluding hydrogens is 394 g/mol. The molecule has 30 heavy (non-hydrogen) atoms. The topological polar surface area (TPSA) is 185 Å². The summed E-state index contributed by atoms with van der Waals surface area (Å²) in [5.41, 5.74) is 10.7. The van der Waals surface area contributed by atoms with E-state index in [0.717, 1.165) is 0 Å². The van der Waals surface area contributed by atoms with Crippen LogP contribution < -0.4 is 22.1 Å². The summed E-state index contributed by atoms with van der Waals surface area (Å²) in [6.45, 7) is 7.12. The minimum atomic E-state index is -1.18. The van der Waals surface area contributed by atoms with E-state index in [-0.39, 0.29) is 18.3 Å². The Morgan fingerprint density at radius 1 is 1.03 bits per heavy atom. The molecule has 0 aromatic rings. The normalized spacial score (nSPS) is 19.3. The third kappa shape index (κ3) is 6.68. The van der Waals surface area contributed by atoms with E-state index in [9.17, 15) is 29.1 Å². The number of carbonyl (C=O) groups excluding carboxylic acids is 4. The van der Waals surface area contributed by atoms with Crippen molar-refractivity contribution in [1.82, 2.24) is 15.5 Å². The molecule has 170 valence electrons. The summed E-state index contributed by atoms with van der Waals surface area (Å²) in [5, 5.41) is 14.3. The number of rotatable bonds is 10. The summed E-state index contributed by atoms with van der Waals surface area (Å²) < 4.78 is 0. The van der Waals surface area contributed by atoms with Gasteiger partial charge in [-0.25, -0.2) is 4.79 Å². The summed E-state index contributed by atoms with van der Waals surface area (Å²) in [6.07, 6.45) is 0.608. The fraction of sp³-hybridized carbons (Fsp3) is 0.737. The number of amides is 4. The molecule has 1 saturated heterocycles. The molecule has 1 heterocycles. The quantitative estimate of drug-likeness (QED) is 0.282. The molecule has 0 spiro atoms. The van der Waals surface area contributed by atoms with E-state index >= 15 is 0 Å². The van der Waals surface area contributed by atoms with Gasteiger partial charge in [0.15, 0.2) is 0 Å². The first kappa shape index (κ1) is 25.3. The number of hydrogen-bond acceptors (Lipinski definition) is 6. The van der Waals surface area contributed by atoms with Gasteiger partial charge in [0.25, 0.3) is 0 Å². The van der Waals surface area contributed by atoms with Gasteiger partial charge < -0.3 is 32.1 Å². The fourth-order valence-corrected chi connectivity index (χ4v) is 3.33. The van der Waals surface area contributed by atoms with Crippen LogP contribution in [0.3, 0.4) is 0 Å². The third-order valence-electron chi connectivity index (χ3n) is 5.06. The van der Waals surface area contributed by atoms with Crippen LogP contribution in [0, 0.1) is 11.8 Å². The second-order valence-corrected chi connectivity index (χ2v) is 8.27. The summed E-state index contributed by atoms with van der Waals surface area (Å²) in [7, 11) is 0. The number of primary amides is 1. The van der Waals surface area contributed by atoms with Crippen molar-refractivity contribution in [1.29, 1.82) is 0 Å². The second-order valence-electron chi connectivity index (χ2n) is 8.27. The lowest BCUT2D eigenvalue weighted by Gasteiger charge is -2.31. The smallest absolute Gasteiger partial charge is 0.326 e. The van der Waals surface area contributed by atoms with Crippen LogP contribution >= 0.6 is 0 Å². The van der Waals surface area contributed by atoms with Crippen LogP contribution in [0.5, 0.6) is 0 Å². The number of nitrogens with zero attached hydrogens (tertiary/aromatic N) is 1. The number of hydrogen-bond donors (Lipinski definition) is 5. The summed E-state index contributed by atoms with van der Waals surface area (Å²) in [4.78, 5) is 61.8. The minimum absolute atomic E-state index is 0.308. The van der Waals surface area contributed by atoms with Crippen molar-refractivity contribution < 1.29 is 29.1 Å². The van der Waals surface area contributed by atoms with Gasteiger partial charge in [-0.05, 0) is 24.7 Å². The van der Waals surface area contributed by atoms with Crippen LogP contribution in [0.15, 0.2) is 0 Å². The number of carboxylic acid groups (broad SMARTS) is 1. The van der Waals surface area contributed by atoms with Gasteiger partial charge in [-0.2, -0.15) is 0 Å². The maximum absolute atomic E-state index is 13.1. The van der Waals surface area contributed by atoms with E-state index < -0.39 is 53.8 Å². The van der Waals surface area contributed by atoms with E-state index in [4.69, 9.17) is 11.5 Å². The van der Waals surface area contributed by atoms with E-state index in [0.29, 0.717) is 19.4 Å². The van der Waals surface area contributed by atoms with Crippen molar-refractivity contribution >= 4 is 29.6 Å². The minimum Gasteiger partial charge on any atom is -0.480 e. The predicted octanol–water partition coefficient (Wildman–Crippen LogP) is -1.45. The van der Waals surface area contributed by atoms with E-state index in [2.05, 4.69) is 10.6 Å². The van der Waals surface area contributed by atoms with Gasteiger partial charge in [0.1, 0.15) is 18.1 Å². The molecule has 0 aliphatic carbocycles. The largest absolute Gasteiger partial charge is 0.480 e. The summed E-state index contributed by atoms with van der Waals surface area (Å²) in [5.74, 6) is -4.21. The maximum Gasteiger partial charge on any atom is 0.326 e. The van der Waals surface area contributed by atoms with E-state index in [1.165, 1.54) is 4.90 Å². The Labute approximate surface area is 175 Å². The first-order valence-corrected chi connectivity index (χ1v) is 10.0. The van der Waals surface area contributed by atoms with E-state index in [1.54, 1.807) is 27.7 Å². The highest BCUT2D eigenvalue weighted by Crippen LogP contribution is 2.21. The average molecular weight is 428 g/mol. The monoisotopic (exact) mass is 427 g/mol. The van der Waals surface area contributed by atoms with Gasteiger partial charge >= 0.3 is 5.97 Å². The van der Waals surface area contributed by atoms with Crippen molar-refractivity contribution in [3.05, 3.63) is 0 Å². The molecule has 4 unspecified atom stereocenters. The number of carboxylic acids is 1. The van der Waals surface area contributed by atoms with Crippen LogP contribution in [0.25, 0.3) is 0 Å². The second kappa shape index (κ2) is 10.9. The number of nitrogens with two attached hydrogens (primary N) is 2. The molecule has 0 aromatic carbocycles. The lowest BCUT2D eigenvalue weighted by Crippen LogP contribution is -2.58. The van der Waals surface area contributed by atoms with Gasteiger partial charge in [-0.1, -0.05) is 27.7 Å². The van der Waals surface area contributed by atoms with Crippen LogP contribution in [0.2, 0.25) is 0 Å². The third-order valence-corrected chi connectivity index (χ3v) is 5.06. The molecule has 1 fully saturated rings. The maximum atomic E-state index is 13.1. The zero-order chi connectivity index (χ0) is 23.2. The summed E-state index contributed by atoms with van der Waals surface area (Å²) >= 11 is 0. The zero-order valence-electron chi connectivity index (χ0n) is 17.9. The number of carbonyl (C=O) groups is 5. The fourth-order valence-electron chi connectivity index (χ4n) is 3.33. The number of aliphatic carboxylic acids is 1. The summed E-state index contributed by atoms with van der Waals surface area (Å²) in [6, 6.07) is -4.03. The molecule has 0 aromatic heterocycles. The lowest BCUT2D eigenvalue weighted by molar-refractivity contribution is -0.146. The number of likely N-dealkylation sites (tertiary alicyclic amines) is 1. The van der Waals surface area contributed by atoms with E-state index in [1.807, 2.05) is 0 Å². The Kier molecular flexibility index (Phi) is 9.22. The Morgan fingerprint density at radius 2 is 1.60 bits per heavy atom. The Balaban J connectivity index is 2.93. The molecule has 4 amide bonds. The molecule has 1 aliphatic rings. The SMILES string of the molecule is CC(C)C(NC(=O)C1CCCN1C(=O)C(NC(=O)C(N)CC(N)=O)C(C)C)C(=O)O. The predicted molar refractivity (Wildman–Crippen MR) is 108 cm³/mol. The molecule has 1 rings (SSSR count). The molecule has 11 heteroatoms. The molecule has 1 aliphatic heterocycles. The highest BCUT2D eigenvalue weighted by Gasteiger charge is 2.40. The van der Waals surface area contributed by atoms with Crippen LogP contribution in [0.4, 0.5) is 0 Å². The first-order chi connectivity index (χ1) is 13.9. The Hall–Kier alpha value is -2.69. The van der Waals surface area contributed by atoms with Crippen molar-refractivity contribution in [2.24, 2.45) is 23.3 Å². The average Bonchev–Trinajstić information content (AvgIpc) is 3.11. The molecule has 0 bridgehead atoms. The molecule has 0 saturated carbocycles. The highest BCUT2D eigenvalue weighted by atomic mass is 16.4. The van der Waals surface area contributed by atoms with Gasteiger partial charge in [0, 0.05) is 6.54 Å². The van der Waals surface area contributed by atoms with Crippen molar-refractivity contribution in [3.63, 3.8) is 0 Å². The molecular formula is C19H33N5O6. The Bertz CT molecular complexity index is 680. The Morgan fingerprint density at radius 3 is 2.07 bits per heavy atom. The van der Waals surface area contributed by atoms with Crippen molar-refractivity contribution in [2.75, 3.05) is 6.54 Å². The van der Waals surface area contributed by atoms with Crippen LogP contribution in [0.1, 0.15) is 47.0 Å². The molecule has 4 atom stereocenters. The van der Waals surface area contributed by atoms with Crippen molar-refractivity contribution in [3.8, 4) is 0 Å². The molecule has 0 radical (unpaired) electrons. The van der Waals surface area contributed by atoms with Gasteiger partial charge in [-0.3, -0.25) is 19.2 Å². The molecule has 11 nitrogen and oxygen atoms in total.